The van der Waals surface area contributed by atoms with E-state index in [9.17, 15) is 4.79 Å². The Morgan fingerprint density at radius 1 is 1.14 bits per heavy atom. The van der Waals surface area contributed by atoms with Gasteiger partial charge < -0.3 is 10.1 Å². The minimum Gasteiger partial charge on any atom is -0.497 e. The maximum atomic E-state index is 12.2. The van der Waals surface area contributed by atoms with Gasteiger partial charge in [-0.1, -0.05) is 42.1 Å². The van der Waals surface area contributed by atoms with Crippen molar-refractivity contribution in [2.24, 2.45) is 0 Å². The molecule has 1 unspecified atom stereocenters. The van der Waals surface area contributed by atoms with Gasteiger partial charge >= 0.3 is 0 Å². The Kier molecular flexibility index (Phi) is 7.30. The van der Waals surface area contributed by atoms with Crippen molar-refractivity contribution < 1.29 is 9.53 Å². The van der Waals surface area contributed by atoms with Crippen molar-refractivity contribution in [3.05, 3.63) is 66.0 Å². The van der Waals surface area contributed by atoms with Gasteiger partial charge in [-0.15, -0.1) is 10.2 Å². The quantitative estimate of drug-likeness (QED) is 0.420. The van der Waals surface area contributed by atoms with Crippen LogP contribution in [0.3, 0.4) is 0 Å². The molecule has 1 heterocycles. The second-order valence-corrected chi connectivity index (χ2v) is 7.78. The Hall–Kier alpha value is -2.80. The van der Waals surface area contributed by atoms with Crippen LogP contribution in [0, 0.1) is 6.92 Å². The molecule has 0 aliphatic heterocycles. The topological polar surface area (TPSA) is 69.0 Å². The lowest BCUT2D eigenvalue weighted by atomic mass is 10.1. The van der Waals surface area contributed by atoms with Gasteiger partial charge in [-0.2, -0.15) is 0 Å². The van der Waals surface area contributed by atoms with Gasteiger partial charge in [0.2, 0.25) is 5.91 Å². The highest BCUT2D eigenvalue weighted by Crippen LogP contribution is 2.24. The fourth-order valence-corrected chi connectivity index (χ4v) is 3.94. The summed E-state index contributed by atoms with van der Waals surface area (Å²) in [6.07, 6.45) is 1.26. The van der Waals surface area contributed by atoms with E-state index in [-0.39, 0.29) is 11.9 Å². The predicted molar refractivity (Wildman–Crippen MR) is 116 cm³/mol. The largest absolute Gasteiger partial charge is 0.497 e. The molecule has 1 N–H and O–H groups in total. The van der Waals surface area contributed by atoms with Crippen LogP contribution >= 0.6 is 11.8 Å². The Bertz CT molecular complexity index is 926. The van der Waals surface area contributed by atoms with Crippen LogP contribution < -0.4 is 10.1 Å². The summed E-state index contributed by atoms with van der Waals surface area (Å²) in [5.74, 6) is 2.49. The van der Waals surface area contributed by atoms with E-state index < -0.39 is 0 Å². The Morgan fingerprint density at radius 3 is 2.55 bits per heavy atom. The van der Waals surface area contributed by atoms with E-state index in [2.05, 4.69) is 15.5 Å². The number of methoxy groups -OCH3 is 1. The summed E-state index contributed by atoms with van der Waals surface area (Å²) in [4.78, 5) is 12.2. The minimum absolute atomic E-state index is 0.0113. The molecule has 0 saturated carbocycles. The van der Waals surface area contributed by atoms with Gasteiger partial charge in [0.15, 0.2) is 5.16 Å². The van der Waals surface area contributed by atoms with Crippen molar-refractivity contribution in [2.75, 3.05) is 12.9 Å². The Labute approximate surface area is 175 Å². The summed E-state index contributed by atoms with van der Waals surface area (Å²) < 4.78 is 7.24. The van der Waals surface area contributed by atoms with Crippen LogP contribution in [0.2, 0.25) is 0 Å². The maximum Gasteiger partial charge on any atom is 0.220 e. The molecule has 3 aromatic rings. The summed E-state index contributed by atoms with van der Waals surface area (Å²) >= 11 is 1.61. The first-order chi connectivity index (χ1) is 14.1. The highest BCUT2D eigenvalue weighted by molar-refractivity contribution is 7.99. The molecule has 0 bridgehead atoms. The average Bonchev–Trinajstić information content (AvgIpc) is 3.12. The smallest absolute Gasteiger partial charge is 0.220 e. The third-order valence-corrected chi connectivity index (χ3v) is 5.60. The summed E-state index contributed by atoms with van der Waals surface area (Å²) in [6.45, 7) is 3.93. The SMILES string of the molecule is COc1ccc(-n2c(C)nnc2SCCCC(=O)NC(C)c2ccccc2)cc1. The van der Waals surface area contributed by atoms with Crippen molar-refractivity contribution in [3.63, 3.8) is 0 Å². The normalized spacial score (nSPS) is 11.8. The number of rotatable bonds is 9. The predicted octanol–water partition coefficient (Wildman–Crippen LogP) is 4.33. The zero-order valence-electron chi connectivity index (χ0n) is 17.0. The number of aryl methyl sites for hydroxylation is 1. The first-order valence-electron chi connectivity index (χ1n) is 9.62. The molecule has 2 aromatic carbocycles. The number of ether oxygens (including phenoxy) is 1. The van der Waals surface area contributed by atoms with Crippen LogP contribution in [0.4, 0.5) is 0 Å². The number of amides is 1. The molecule has 6 nitrogen and oxygen atoms in total. The van der Waals surface area contributed by atoms with Crippen LogP contribution in [0.25, 0.3) is 5.69 Å². The second kappa shape index (κ2) is 10.1. The van der Waals surface area contributed by atoms with Gasteiger partial charge in [-0.25, -0.2) is 0 Å². The number of hydrogen-bond donors (Lipinski definition) is 1. The number of hydrogen-bond acceptors (Lipinski definition) is 5. The summed E-state index contributed by atoms with van der Waals surface area (Å²) in [5.41, 5.74) is 2.10. The number of nitrogens with one attached hydrogen (secondary N) is 1. The Balaban J connectivity index is 1.50. The van der Waals surface area contributed by atoms with Crippen LogP contribution in [0.5, 0.6) is 5.75 Å². The van der Waals surface area contributed by atoms with E-state index in [4.69, 9.17) is 4.74 Å². The molecular weight excluding hydrogens is 384 g/mol. The lowest BCUT2D eigenvalue weighted by Gasteiger charge is -2.14. The molecule has 29 heavy (non-hydrogen) atoms. The number of aromatic nitrogens is 3. The average molecular weight is 411 g/mol. The lowest BCUT2D eigenvalue weighted by molar-refractivity contribution is -0.121. The summed E-state index contributed by atoms with van der Waals surface area (Å²) in [5, 5.41) is 12.4. The van der Waals surface area contributed by atoms with Gasteiger partial charge in [0, 0.05) is 17.9 Å². The van der Waals surface area contributed by atoms with Gasteiger partial charge in [0.25, 0.3) is 0 Å². The third-order valence-electron chi connectivity index (χ3n) is 4.58. The molecule has 0 spiro atoms. The monoisotopic (exact) mass is 410 g/mol. The van der Waals surface area contributed by atoms with Crippen LogP contribution in [-0.2, 0) is 4.79 Å². The van der Waals surface area contributed by atoms with Crippen molar-refractivity contribution in [1.82, 2.24) is 20.1 Å². The molecule has 0 aliphatic carbocycles. The highest BCUT2D eigenvalue weighted by atomic mass is 32.2. The van der Waals surface area contributed by atoms with Crippen molar-refractivity contribution in [3.8, 4) is 11.4 Å². The number of carbonyl (C=O) groups excluding carboxylic acids is 1. The summed E-state index contributed by atoms with van der Waals surface area (Å²) in [7, 11) is 1.65. The molecule has 1 amide bonds. The lowest BCUT2D eigenvalue weighted by Crippen LogP contribution is -2.26. The van der Waals surface area contributed by atoms with Gasteiger partial charge in [0.05, 0.1) is 13.2 Å². The number of nitrogens with zero attached hydrogens (tertiary/aromatic N) is 3. The van der Waals surface area contributed by atoms with Crippen molar-refractivity contribution in [1.29, 1.82) is 0 Å². The number of benzene rings is 2. The number of carbonyl (C=O) groups is 1. The van der Waals surface area contributed by atoms with Crippen LogP contribution in [0.1, 0.15) is 37.2 Å². The minimum atomic E-state index is 0.0113. The van der Waals surface area contributed by atoms with Crippen LogP contribution in [0.15, 0.2) is 59.8 Å². The standard InChI is InChI=1S/C22H26N4O2S/c1-16(18-8-5-4-6-9-18)23-21(27)10-7-15-29-22-25-24-17(2)26(22)19-11-13-20(28-3)14-12-19/h4-6,8-9,11-14,16H,7,10,15H2,1-3H3,(H,23,27). The molecule has 152 valence electrons. The third kappa shape index (κ3) is 5.60. The fourth-order valence-electron chi connectivity index (χ4n) is 3.00. The molecule has 1 aromatic heterocycles. The van der Waals surface area contributed by atoms with E-state index in [0.717, 1.165) is 40.2 Å². The van der Waals surface area contributed by atoms with Gasteiger partial charge in [0.1, 0.15) is 11.6 Å². The molecule has 1 atom stereocenters. The van der Waals surface area contributed by atoms with Crippen LogP contribution in [-0.4, -0.2) is 33.5 Å². The van der Waals surface area contributed by atoms with E-state index in [0.29, 0.717) is 6.42 Å². The first kappa shape index (κ1) is 20.9. The molecule has 7 heteroatoms. The van der Waals surface area contributed by atoms with Gasteiger partial charge in [-0.3, -0.25) is 9.36 Å². The zero-order chi connectivity index (χ0) is 20.6. The van der Waals surface area contributed by atoms with Crippen molar-refractivity contribution in [2.45, 2.75) is 37.9 Å². The second-order valence-electron chi connectivity index (χ2n) is 6.72. The van der Waals surface area contributed by atoms with E-state index in [1.165, 1.54) is 0 Å². The molecule has 3 rings (SSSR count). The highest BCUT2D eigenvalue weighted by Gasteiger charge is 2.13. The molecule has 0 aliphatic rings. The zero-order valence-corrected chi connectivity index (χ0v) is 17.8. The molecule has 0 fully saturated rings. The van der Waals surface area contributed by atoms with E-state index in [1.54, 1.807) is 18.9 Å². The first-order valence-corrected chi connectivity index (χ1v) is 10.6. The van der Waals surface area contributed by atoms with Gasteiger partial charge in [-0.05, 0) is 50.1 Å². The maximum absolute atomic E-state index is 12.2. The van der Waals surface area contributed by atoms with Crippen molar-refractivity contribution >= 4 is 17.7 Å². The number of thioether (sulfide) groups is 1. The molecule has 0 radical (unpaired) electrons. The fraction of sp³-hybridized carbons (Fsp3) is 0.318. The van der Waals surface area contributed by atoms with E-state index in [1.807, 2.05) is 73.0 Å². The van der Waals surface area contributed by atoms with E-state index >= 15 is 0 Å². The summed E-state index contributed by atoms with van der Waals surface area (Å²) in [6, 6.07) is 17.8. The Morgan fingerprint density at radius 2 is 1.86 bits per heavy atom. The molecule has 0 saturated heterocycles. The molecular formula is C22H26N4O2S.